The smallest absolute Gasteiger partial charge is 0.263 e. The highest BCUT2D eigenvalue weighted by atomic mass is 32.1. The van der Waals surface area contributed by atoms with Crippen molar-refractivity contribution in [3.05, 3.63) is 16.3 Å². The first kappa shape index (κ1) is 13.0. The maximum absolute atomic E-state index is 12.1. The Morgan fingerprint density at radius 3 is 2.76 bits per heavy atom. The molecule has 94 valence electrons. The number of hydrogen-bond acceptors (Lipinski definition) is 3. The summed E-state index contributed by atoms with van der Waals surface area (Å²) in [6.07, 6.45) is 6.57. The number of thiophene rings is 1. The Hall–Kier alpha value is -0.480. The molecule has 2 rings (SSSR count). The van der Waals surface area contributed by atoms with Crippen molar-refractivity contribution in [3.63, 3.8) is 0 Å². The third-order valence-electron chi connectivity index (χ3n) is 3.40. The van der Waals surface area contributed by atoms with Crippen LogP contribution in [0.4, 0.5) is 0 Å². The highest BCUT2D eigenvalue weighted by Gasteiger charge is 2.19. The maximum Gasteiger partial charge on any atom is 0.263 e. The molecule has 1 aromatic rings. The minimum absolute atomic E-state index is 0.140. The molecule has 1 saturated carbocycles. The number of carbonyl (C=O) groups excluding carboxylic acids is 1. The molecule has 2 nitrogen and oxygen atoms in total. The zero-order valence-corrected chi connectivity index (χ0v) is 11.9. The van der Waals surface area contributed by atoms with Gasteiger partial charge in [0.2, 0.25) is 0 Å². The summed E-state index contributed by atoms with van der Waals surface area (Å²) in [6, 6.07) is 1.85. The summed E-state index contributed by atoms with van der Waals surface area (Å²) in [7, 11) is 1.91. The molecule has 17 heavy (non-hydrogen) atoms. The first-order chi connectivity index (χ1) is 8.16. The van der Waals surface area contributed by atoms with Crippen LogP contribution in [-0.2, 0) is 0 Å². The van der Waals surface area contributed by atoms with E-state index in [2.05, 4.69) is 12.6 Å². The second kappa shape index (κ2) is 5.91. The molecule has 4 heteroatoms. The molecule has 1 aromatic heterocycles. The number of rotatable bonds is 3. The quantitative estimate of drug-likeness (QED) is 0.830. The summed E-state index contributed by atoms with van der Waals surface area (Å²) in [5.41, 5.74) is 0. The van der Waals surface area contributed by atoms with Crippen LogP contribution in [0.1, 0.15) is 41.8 Å². The van der Waals surface area contributed by atoms with E-state index in [-0.39, 0.29) is 5.91 Å². The van der Waals surface area contributed by atoms with Crippen molar-refractivity contribution in [2.24, 2.45) is 5.92 Å². The van der Waals surface area contributed by atoms with Crippen LogP contribution < -0.4 is 0 Å². The maximum atomic E-state index is 12.1. The van der Waals surface area contributed by atoms with Crippen LogP contribution in [0.15, 0.2) is 16.3 Å². The van der Waals surface area contributed by atoms with E-state index in [0.29, 0.717) is 5.92 Å². The Bertz CT molecular complexity index is 383. The van der Waals surface area contributed by atoms with Crippen molar-refractivity contribution in [2.75, 3.05) is 13.6 Å². The lowest BCUT2D eigenvalue weighted by Gasteiger charge is -2.26. The van der Waals surface area contributed by atoms with Gasteiger partial charge in [0.15, 0.2) is 0 Å². The highest BCUT2D eigenvalue weighted by Crippen LogP contribution is 2.25. The molecule has 1 amide bonds. The van der Waals surface area contributed by atoms with Crippen LogP contribution in [0.25, 0.3) is 0 Å². The lowest BCUT2D eigenvalue weighted by Crippen LogP contribution is -2.32. The van der Waals surface area contributed by atoms with E-state index in [1.165, 1.54) is 43.4 Å². The van der Waals surface area contributed by atoms with E-state index < -0.39 is 0 Å². The van der Waals surface area contributed by atoms with E-state index >= 15 is 0 Å². The second-order valence-electron chi connectivity index (χ2n) is 4.86. The fraction of sp³-hybridized carbons (Fsp3) is 0.615. The van der Waals surface area contributed by atoms with Crippen molar-refractivity contribution >= 4 is 29.9 Å². The molecule has 1 aliphatic carbocycles. The van der Waals surface area contributed by atoms with E-state index in [1.54, 1.807) is 0 Å². The van der Waals surface area contributed by atoms with Crippen LogP contribution in [-0.4, -0.2) is 24.4 Å². The third-order valence-corrected chi connectivity index (χ3v) is 4.75. The van der Waals surface area contributed by atoms with Crippen molar-refractivity contribution in [1.82, 2.24) is 4.90 Å². The lowest BCUT2D eigenvalue weighted by molar-refractivity contribution is 0.0765. The number of thiol groups is 1. The summed E-state index contributed by atoms with van der Waals surface area (Å²) in [5.74, 6) is 0.842. The van der Waals surface area contributed by atoms with Crippen molar-refractivity contribution in [3.8, 4) is 0 Å². The lowest BCUT2D eigenvalue weighted by atomic mass is 9.89. The van der Waals surface area contributed by atoms with E-state index in [0.717, 1.165) is 16.3 Å². The molecule has 0 saturated heterocycles. The van der Waals surface area contributed by atoms with Gasteiger partial charge in [0.05, 0.1) is 4.88 Å². The number of amides is 1. The van der Waals surface area contributed by atoms with E-state index in [9.17, 15) is 4.79 Å². The average Bonchev–Trinajstić information content (AvgIpc) is 2.76. The minimum Gasteiger partial charge on any atom is -0.341 e. The predicted molar refractivity (Wildman–Crippen MR) is 75.1 cm³/mol. The summed E-state index contributed by atoms with van der Waals surface area (Å²) < 4.78 is 0. The summed E-state index contributed by atoms with van der Waals surface area (Å²) >= 11 is 5.72. The zero-order chi connectivity index (χ0) is 12.3. The van der Waals surface area contributed by atoms with Crippen LogP contribution in [0.5, 0.6) is 0 Å². The average molecular weight is 269 g/mol. The Morgan fingerprint density at radius 1 is 1.47 bits per heavy atom. The molecule has 0 spiro atoms. The number of hydrogen-bond donors (Lipinski definition) is 1. The first-order valence-corrected chi connectivity index (χ1v) is 7.52. The van der Waals surface area contributed by atoms with Gasteiger partial charge in [-0.2, -0.15) is 0 Å². The first-order valence-electron chi connectivity index (χ1n) is 6.20. The molecular weight excluding hydrogens is 250 g/mol. The normalized spacial score (nSPS) is 17.1. The fourth-order valence-corrected chi connectivity index (χ4v) is 3.61. The van der Waals surface area contributed by atoms with Crippen LogP contribution in [0.2, 0.25) is 0 Å². The Balaban J connectivity index is 1.90. The van der Waals surface area contributed by atoms with Crippen LogP contribution >= 0.6 is 24.0 Å². The summed E-state index contributed by atoms with van der Waals surface area (Å²) in [5, 5.41) is 1.91. The number of carbonyl (C=O) groups is 1. The molecule has 1 fully saturated rings. The fourth-order valence-electron chi connectivity index (χ4n) is 2.47. The molecule has 0 bridgehead atoms. The van der Waals surface area contributed by atoms with Gasteiger partial charge in [-0.15, -0.1) is 24.0 Å². The Labute approximate surface area is 112 Å². The van der Waals surface area contributed by atoms with Crippen LogP contribution in [0.3, 0.4) is 0 Å². The van der Waals surface area contributed by atoms with Crippen molar-refractivity contribution in [2.45, 2.75) is 37.0 Å². The topological polar surface area (TPSA) is 20.3 Å². The SMILES string of the molecule is CN(CC1CCCCC1)C(=O)c1cc(S)cs1. The van der Waals surface area contributed by atoms with E-state index in [1.807, 2.05) is 23.4 Å². The molecule has 1 heterocycles. The van der Waals surface area contributed by atoms with Crippen LogP contribution in [0, 0.1) is 5.92 Å². The molecule has 0 N–H and O–H groups in total. The molecule has 0 aromatic carbocycles. The van der Waals surface area contributed by atoms with Crippen molar-refractivity contribution in [1.29, 1.82) is 0 Å². The van der Waals surface area contributed by atoms with Gasteiger partial charge in [0, 0.05) is 23.9 Å². The van der Waals surface area contributed by atoms with E-state index in [4.69, 9.17) is 0 Å². The van der Waals surface area contributed by atoms with Gasteiger partial charge >= 0.3 is 0 Å². The molecule has 1 aliphatic rings. The largest absolute Gasteiger partial charge is 0.341 e. The summed E-state index contributed by atoms with van der Waals surface area (Å²) in [4.78, 5) is 15.7. The summed E-state index contributed by atoms with van der Waals surface area (Å²) in [6.45, 7) is 0.901. The van der Waals surface area contributed by atoms with Gasteiger partial charge in [0.1, 0.15) is 0 Å². The third kappa shape index (κ3) is 3.49. The van der Waals surface area contributed by atoms with Gasteiger partial charge in [-0.3, -0.25) is 4.79 Å². The zero-order valence-electron chi connectivity index (χ0n) is 10.2. The van der Waals surface area contributed by atoms with Gasteiger partial charge in [-0.1, -0.05) is 19.3 Å². The second-order valence-corrected chi connectivity index (χ2v) is 6.29. The standard InChI is InChI=1S/C13H19NOS2/c1-14(8-10-5-3-2-4-6-10)13(15)12-7-11(16)9-17-12/h7,9-10,16H,2-6,8H2,1H3. The monoisotopic (exact) mass is 269 g/mol. The Morgan fingerprint density at radius 2 is 2.18 bits per heavy atom. The highest BCUT2D eigenvalue weighted by molar-refractivity contribution is 7.80. The molecule has 0 aliphatic heterocycles. The molecule has 0 unspecified atom stereocenters. The molecular formula is C13H19NOS2. The van der Waals surface area contributed by atoms with Gasteiger partial charge in [0.25, 0.3) is 5.91 Å². The molecule has 0 atom stereocenters. The van der Waals surface area contributed by atoms with Gasteiger partial charge in [-0.25, -0.2) is 0 Å². The van der Waals surface area contributed by atoms with Gasteiger partial charge < -0.3 is 4.90 Å². The molecule has 0 radical (unpaired) electrons. The predicted octanol–water partition coefficient (Wildman–Crippen LogP) is 3.69. The van der Waals surface area contributed by atoms with Gasteiger partial charge in [-0.05, 0) is 24.8 Å². The number of nitrogens with zero attached hydrogens (tertiary/aromatic N) is 1. The Kier molecular flexibility index (Phi) is 4.51. The van der Waals surface area contributed by atoms with Crippen molar-refractivity contribution < 1.29 is 4.79 Å². The minimum atomic E-state index is 0.140.